The number of carbonyl (C=O) groups excluding carboxylic acids is 1. The van der Waals surface area contributed by atoms with Crippen LogP contribution >= 0.6 is 0 Å². The molecule has 0 saturated carbocycles. The van der Waals surface area contributed by atoms with Gasteiger partial charge < -0.3 is 15.5 Å². The molecular weight excluding hydrogens is 286 g/mol. The lowest BCUT2D eigenvalue weighted by molar-refractivity contribution is 0.240. The van der Waals surface area contributed by atoms with Crippen molar-refractivity contribution in [1.29, 1.82) is 0 Å². The van der Waals surface area contributed by atoms with Crippen molar-refractivity contribution in [1.82, 2.24) is 10.2 Å². The van der Waals surface area contributed by atoms with Crippen molar-refractivity contribution < 1.29 is 4.79 Å². The van der Waals surface area contributed by atoms with Gasteiger partial charge in [0.1, 0.15) is 0 Å². The monoisotopic (exact) mass is 319 g/mol. The van der Waals surface area contributed by atoms with Crippen molar-refractivity contribution in [2.45, 2.75) is 46.6 Å². The summed E-state index contributed by atoms with van der Waals surface area (Å²) < 4.78 is 0. The molecule has 0 spiro atoms. The summed E-state index contributed by atoms with van der Waals surface area (Å²) in [4.78, 5) is 14.4. The van der Waals surface area contributed by atoms with E-state index >= 15 is 0 Å². The van der Waals surface area contributed by atoms with E-state index < -0.39 is 0 Å². The molecule has 0 bridgehead atoms. The second-order valence-corrected chi connectivity index (χ2v) is 7.49. The molecule has 2 N–H and O–H groups in total. The molecule has 0 saturated heterocycles. The quantitative estimate of drug-likeness (QED) is 0.761. The van der Waals surface area contributed by atoms with Gasteiger partial charge >= 0.3 is 6.03 Å². The predicted octanol–water partition coefficient (Wildman–Crippen LogP) is 3.98. The van der Waals surface area contributed by atoms with Gasteiger partial charge in [-0.2, -0.15) is 0 Å². The molecule has 1 aromatic carbocycles. The standard InChI is InChI=1S/C19H33N3O/c1-14(2)10-16-8-7-9-17(12-16)20-19(23)21-18(11-15(3)4)13-22(5)6/h7-9,12,14-15,18H,10-11,13H2,1-6H3,(H2,20,21,23)/t18-/m0/s1. The van der Waals surface area contributed by atoms with E-state index in [1.165, 1.54) is 5.56 Å². The first kappa shape index (κ1) is 19.5. The van der Waals surface area contributed by atoms with Gasteiger partial charge in [-0.15, -0.1) is 0 Å². The van der Waals surface area contributed by atoms with E-state index in [4.69, 9.17) is 0 Å². The van der Waals surface area contributed by atoms with Crippen molar-refractivity contribution >= 4 is 11.7 Å². The van der Waals surface area contributed by atoms with Crippen LogP contribution in [-0.2, 0) is 6.42 Å². The van der Waals surface area contributed by atoms with Gasteiger partial charge in [0.2, 0.25) is 0 Å². The van der Waals surface area contributed by atoms with Crippen LogP contribution in [0.1, 0.15) is 39.7 Å². The maximum Gasteiger partial charge on any atom is 0.319 e. The molecule has 0 aliphatic rings. The number of amides is 2. The fourth-order valence-corrected chi connectivity index (χ4v) is 2.79. The lowest BCUT2D eigenvalue weighted by atomic mass is 10.0. The van der Waals surface area contributed by atoms with Crippen LogP contribution in [0.4, 0.5) is 10.5 Å². The number of anilines is 1. The molecule has 0 aliphatic heterocycles. The third-order valence-corrected chi connectivity index (χ3v) is 3.51. The summed E-state index contributed by atoms with van der Waals surface area (Å²) in [6.07, 6.45) is 1.99. The first-order valence-electron chi connectivity index (χ1n) is 8.57. The highest BCUT2D eigenvalue weighted by Gasteiger charge is 2.15. The lowest BCUT2D eigenvalue weighted by Gasteiger charge is -2.24. The third-order valence-electron chi connectivity index (χ3n) is 3.51. The first-order chi connectivity index (χ1) is 10.8. The van der Waals surface area contributed by atoms with E-state index in [0.717, 1.165) is 25.1 Å². The number of urea groups is 1. The van der Waals surface area contributed by atoms with Crippen LogP contribution in [0.2, 0.25) is 0 Å². The summed E-state index contributed by atoms with van der Waals surface area (Å²) in [6.45, 7) is 9.60. The maximum atomic E-state index is 12.3. The molecule has 0 radical (unpaired) electrons. The average Bonchev–Trinajstić information content (AvgIpc) is 2.35. The van der Waals surface area contributed by atoms with Gasteiger partial charge in [-0.05, 0) is 56.5 Å². The summed E-state index contributed by atoms with van der Waals surface area (Å²) in [7, 11) is 4.06. The van der Waals surface area contributed by atoms with E-state index in [9.17, 15) is 4.79 Å². The van der Waals surface area contributed by atoms with Gasteiger partial charge in [-0.1, -0.05) is 39.8 Å². The van der Waals surface area contributed by atoms with E-state index in [1.54, 1.807) is 0 Å². The third kappa shape index (κ3) is 8.60. The van der Waals surface area contributed by atoms with Crippen LogP contribution in [-0.4, -0.2) is 37.6 Å². The molecule has 130 valence electrons. The second-order valence-electron chi connectivity index (χ2n) is 7.49. The van der Waals surface area contributed by atoms with Crippen molar-refractivity contribution in [2.75, 3.05) is 26.0 Å². The fourth-order valence-electron chi connectivity index (χ4n) is 2.79. The van der Waals surface area contributed by atoms with Gasteiger partial charge in [0, 0.05) is 18.3 Å². The minimum Gasteiger partial charge on any atom is -0.334 e. The maximum absolute atomic E-state index is 12.3. The number of carbonyl (C=O) groups is 1. The average molecular weight is 319 g/mol. The van der Waals surface area contributed by atoms with Gasteiger partial charge in [0.25, 0.3) is 0 Å². The Bertz CT molecular complexity index is 473. The van der Waals surface area contributed by atoms with E-state index in [0.29, 0.717) is 11.8 Å². The number of benzene rings is 1. The van der Waals surface area contributed by atoms with Crippen LogP contribution in [0.25, 0.3) is 0 Å². The Kier molecular flexibility index (Phi) is 8.10. The Labute approximate surface area is 141 Å². The molecule has 4 heteroatoms. The van der Waals surface area contributed by atoms with Crippen molar-refractivity contribution in [3.05, 3.63) is 29.8 Å². The second kappa shape index (κ2) is 9.56. The zero-order chi connectivity index (χ0) is 17.4. The smallest absolute Gasteiger partial charge is 0.319 e. The normalized spacial score (nSPS) is 12.7. The van der Waals surface area contributed by atoms with Crippen molar-refractivity contribution in [2.24, 2.45) is 11.8 Å². The zero-order valence-electron chi connectivity index (χ0n) is 15.5. The molecular formula is C19H33N3O. The summed E-state index contributed by atoms with van der Waals surface area (Å²) in [5, 5.41) is 6.06. The molecule has 0 heterocycles. The van der Waals surface area contributed by atoms with Crippen LogP contribution in [0.3, 0.4) is 0 Å². The lowest BCUT2D eigenvalue weighted by Crippen LogP contribution is -2.44. The van der Waals surface area contributed by atoms with Crippen LogP contribution in [0, 0.1) is 11.8 Å². The Morgan fingerprint density at radius 2 is 1.83 bits per heavy atom. The van der Waals surface area contributed by atoms with Crippen molar-refractivity contribution in [3.8, 4) is 0 Å². The number of nitrogens with zero attached hydrogens (tertiary/aromatic N) is 1. The fraction of sp³-hybridized carbons (Fsp3) is 0.632. The molecule has 1 atom stereocenters. The van der Waals surface area contributed by atoms with Crippen LogP contribution in [0.5, 0.6) is 0 Å². The minimum absolute atomic E-state index is 0.126. The number of hydrogen-bond donors (Lipinski definition) is 2. The van der Waals surface area contributed by atoms with Crippen LogP contribution < -0.4 is 10.6 Å². The Balaban J connectivity index is 2.63. The molecule has 4 nitrogen and oxygen atoms in total. The largest absolute Gasteiger partial charge is 0.334 e. The Morgan fingerprint density at radius 3 is 2.39 bits per heavy atom. The Morgan fingerprint density at radius 1 is 1.13 bits per heavy atom. The molecule has 0 unspecified atom stereocenters. The van der Waals surface area contributed by atoms with E-state index in [2.05, 4.69) is 55.4 Å². The molecule has 23 heavy (non-hydrogen) atoms. The number of rotatable bonds is 8. The molecule has 1 aromatic rings. The summed E-state index contributed by atoms with van der Waals surface area (Å²) in [5.74, 6) is 1.16. The molecule has 0 aliphatic carbocycles. The number of likely N-dealkylation sites (N-methyl/N-ethyl adjacent to an activating group) is 1. The van der Waals surface area contributed by atoms with Gasteiger partial charge in [-0.3, -0.25) is 0 Å². The first-order valence-corrected chi connectivity index (χ1v) is 8.57. The van der Waals surface area contributed by atoms with Crippen molar-refractivity contribution in [3.63, 3.8) is 0 Å². The summed E-state index contributed by atoms with van der Waals surface area (Å²) in [6, 6.07) is 8.13. The molecule has 2 amide bonds. The number of hydrogen-bond acceptors (Lipinski definition) is 2. The molecule has 0 aromatic heterocycles. The highest BCUT2D eigenvalue weighted by atomic mass is 16.2. The van der Waals surface area contributed by atoms with E-state index in [1.807, 2.05) is 26.2 Å². The van der Waals surface area contributed by atoms with Gasteiger partial charge in [0.15, 0.2) is 0 Å². The Hall–Kier alpha value is -1.55. The highest BCUT2D eigenvalue weighted by Crippen LogP contribution is 2.14. The molecule has 0 fully saturated rings. The number of nitrogens with one attached hydrogen (secondary N) is 2. The van der Waals surface area contributed by atoms with E-state index in [-0.39, 0.29) is 12.1 Å². The predicted molar refractivity (Wildman–Crippen MR) is 98.9 cm³/mol. The van der Waals surface area contributed by atoms with Gasteiger partial charge in [-0.25, -0.2) is 4.79 Å². The summed E-state index contributed by atoms with van der Waals surface area (Å²) >= 11 is 0. The summed E-state index contributed by atoms with van der Waals surface area (Å²) in [5.41, 5.74) is 2.11. The molecule has 1 rings (SSSR count). The highest BCUT2D eigenvalue weighted by molar-refractivity contribution is 5.89. The SMILES string of the molecule is CC(C)Cc1cccc(NC(=O)N[C@@H](CC(C)C)CN(C)C)c1. The zero-order valence-corrected chi connectivity index (χ0v) is 15.5. The topological polar surface area (TPSA) is 44.4 Å². The van der Waals surface area contributed by atoms with Crippen LogP contribution in [0.15, 0.2) is 24.3 Å². The van der Waals surface area contributed by atoms with Gasteiger partial charge in [0.05, 0.1) is 0 Å². The minimum atomic E-state index is -0.126.